The van der Waals surface area contributed by atoms with Crippen LogP contribution in [0, 0.1) is 0 Å². The number of pyridine rings is 1. The summed E-state index contributed by atoms with van der Waals surface area (Å²) in [5.74, 6) is 0. The van der Waals surface area contributed by atoms with E-state index in [1.165, 1.54) is 0 Å². The molecule has 0 aromatic carbocycles. The number of aromatic nitrogens is 1. The number of nitrogens with zero attached hydrogens (tertiary/aromatic N) is 2. The van der Waals surface area contributed by atoms with Gasteiger partial charge in [0.25, 0.3) is 0 Å². The first-order valence-corrected chi connectivity index (χ1v) is 8.73. The minimum Gasteiger partial charge on any atom is -0.376 e. The minimum absolute atomic E-state index is 0.129. The molecule has 1 saturated heterocycles. The van der Waals surface area contributed by atoms with E-state index in [1.807, 2.05) is 7.05 Å². The van der Waals surface area contributed by atoms with Crippen LogP contribution in [0.4, 0.5) is 5.69 Å². The van der Waals surface area contributed by atoms with Gasteiger partial charge in [0.1, 0.15) is 0 Å². The molecule has 0 amide bonds. The Kier molecular flexibility index (Phi) is 4.58. The van der Waals surface area contributed by atoms with Crippen LogP contribution in [0.3, 0.4) is 0 Å². The van der Waals surface area contributed by atoms with E-state index < -0.39 is 14.6 Å². The van der Waals surface area contributed by atoms with Gasteiger partial charge in [0, 0.05) is 20.2 Å². The molecule has 0 N–H and O–H groups in total. The lowest BCUT2D eigenvalue weighted by Crippen LogP contribution is -2.30. The summed E-state index contributed by atoms with van der Waals surface area (Å²) >= 11 is 0. The van der Waals surface area contributed by atoms with Gasteiger partial charge in [-0.1, -0.05) is 0 Å². The number of rotatable bonds is 4. The maximum absolute atomic E-state index is 12.3. The van der Waals surface area contributed by atoms with Crippen molar-refractivity contribution >= 4 is 15.5 Å². The monoisotopic (exact) mass is 312 g/mol. The lowest BCUT2D eigenvalue weighted by Gasteiger charge is -2.23. The van der Waals surface area contributed by atoms with Crippen molar-refractivity contribution in [2.24, 2.45) is 0 Å². The Morgan fingerprint density at radius 3 is 2.57 bits per heavy atom. The van der Waals surface area contributed by atoms with Gasteiger partial charge in [-0.3, -0.25) is 0 Å². The molecule has 0 radical (unpaired) electrons. The van der Waals surface area contributed by atoms with Crippen LogP contribution >= 0.6 is 0 Å². The Morgan fingerprint density at radius 1 is 1.38 bits per heavy atom. The van der Waals surface area contributed by atoms with Crippen molar-refractivity contribution in [3.05, 3.63) is 18.3 Å². The summed E-state index contributed by atoms with van der Waals surface area (Å²) in [7, 11) is -1.43. The number of anilines is 1. The lowest BCUT2D eigenvalue weighted by atomic mass is 10.2. The number of sulfone groups is 1. The lowest BCUT2D eigenvalue weighted by molar-refractivity contribution is 0.116. The van der Waals surface area contributed by atoms with Crippen molar-refractivity contribution in [1.29, 1.82) is 0 Å². The van der Waals surface area contributed by atoms with Gasteiger partial charge in [-0.25, -0.2) is 13.4 Å². The normalized spacial score (nSPS) is 19.7. The van der Waals surface area contributed by atoms with Crippen molar-refractivity contribution in [2.45, 2.75) is 49.5 Å². The molecule has 5 nitrogen and oxygen atoms in total. The largest absolute Gasteiger partial charge is 0.376 e. The molecule has 1 atom stereocenters. The molecule has 0 spiro atoms. The predicted octanol–water partition coefficient (Wildman–Crippen LogP) is 2.27. The van der Waals surface area contributed by atoms with Crippen molar-refractivity contribution in [1.82, 2.24) is 4.98 Å². The molecule has 1 aliphatic rings. The second-order valence-electron chi connectivity index (χ2n) is 6.49. The Bertz CT molecular complexity index is 570. The third-order valence-corrected chi connectivity index (χ3v) is 6.15. The summed E-state index contributed by atoms with van der Waals surface area (Å²) in [6.07, 6.45) is 4.06. The summed E-state index contributed by atoms with van der Waals surface area (Å²) < 4.78 is 29.4. The highest BCUT2D eigenvalue weighted by Gasteiger charge is 2.32. The standard InChI is InChI=1S/C15H24N2O3S/c1-15(2,3)21(18,19)14-8-7-12(10-16-14)17(4)11-13-6-5-9-20-13/h7-8,10,13H,5-6,9,11H2,1-4H3. The Balaban J connectivity index is 2.11. The minimum atomic E-state index is -3.40. The fourth-order valence-corrected chi connectivity index (χ4v) is 3.34. The molecule has 6 heteroatoms. The quantitative estimate of drug-likeness (QED) is 0.853. The average molecular weight is 312 g/mol. The van der Waals surface area contributed by atoms with Crippen LogP contribution in [0.25, 0.3) is 0 Å². The zero-order valence-electron chi connectivity index (χ0n) is 13.2. The number of hydrogen-bond donors (Lipinski definition) is 0. The number of likely N-dealkylation sites (N-methyl/N-ethyl adjacent to an activating group) is 1. The van der Waals surface area contributed by atoms with Crippen LogP contribution in [0.5, 0.6) is 0 Å². The molecule has 0 bridgehead atoms. The van der Waals surface area contributed by atoms with E-state index in [-0.39, 0.29) is 11.1 Å². The van der Waals surface area contributed by atoms with E-state index in [9.17, 15) is 8.42 Å². The van der Waals surface area contributed by atoms with Gasteiger partial charge in [-0.15, -0.1) is 0 Å². The molecular formula is C15H24N2O3S. The summed E-state index contributed by atoms with van der Waals surface area (Å²) in [6, 6.07) is 3.39. The summed E-state index contributed by atoms with van der Waals surface area (Å²) in [6.45, 7) is 6.68. The SMILES string of the molecule is CN(CC1CCCO1)c1ccc(S(=O)(=O)C(C)(C)C)nc1. The Labute approximate surface area is 127 Å². The Morgan fingerprint density at radius 2 is 2.10 bits per heavy atom. The van der Waals surface area contributed by atoms with Crippen molar-refractivity contribution in [2.75, 3.05) is 25.1 Å². The average Bonchev–Trinajstić information content (AvgIpc) is 2.90. The van der Waals surface area contributed by atoms with Crippen LogP contribution in [0.15, 0.2) is 23.4 Å². The molecule has 0 saturated carbocycles. The van der Waals surface area contributed by atoms with Gasteiger partial charge >= 0.3 is 0 Å². The molecule has 0 aliphatic carbocycles. The smallest absolute Gasteiger partial charge is 0.200 e. The molecule has 21 heavy (non-hydrogen) atoms. The van der Waals surface area contributed by atoms with Crippen LogP contribution in [-0.2, 0) is 14.6 Å². The maximum Gasteiger partial charge on any atom is 0.200 e. The second kappa shape index (κ2) is 5.93. The van der Waals surface area contributed by atoms with Gasteiger partial charge < -0.3 is 9.64 Å². The molecule has 1 aromatic rings. The van der Waals surface area contributed by atoms with Gasteiger partial charge in [0.05, 0.1) is 22.7 Å². The first kappa shape index (κ1) is 16.2. The van der Waals surface area contributed by atoms with Gasteiger partial charge in [0.15, 0.2) is 14.9 Å². The van der Waals surface area contributed by atoms with Gasteiger partial charge in [0.2, 0.25) is 0 Å². The first-order valence-electron chi connectivity index (χ1n) is 7.25. The summed E-state index contributed by atoms with van der Waals surface area (Å²) in [5.41, 5.74) is 0.901. The molecular weight excluding hydrogens is 288 g/mol. The van der Waals surface area contributed by atoms with Crippen LogP contribution in [0.2, 0.25) is 0 Å². The number of hydrogen-bond acceptors (Lipinski definition) is 5. The molecule has 1 aliphatic heterocycles. The molecule has 1 aromatic heterocycles. The zero-order chi connectivity index (χ0) is 15.7. The summed E-state index contributed by atoms with van der Waals surface area (Å²) in [5, 5.41) is 0.129. The fourth-order valence-electron chi connectivity index (χ4n) is 2.27. The second-order valence-corrected chi connectivity index (χ2v) is 9.14. The maximum atomic E-state index is 12.3. The van der Waals surface area contributed by atoms with Crippen LogP contribution in [-0.4, -0.2) is 44.5 Å². The van der Waals surface area contributed by atoms with Gasteiger partial charge in [-0.2, -0.15) is 0 Å². The van der Waals surface area contributed by atoms with Crippen molar-refractivity contribution in [3.8, 4) is 0 Å². The number of ether oxygens (including phenoxy) is 1. The van der Waals surface area contributed by atoms with Crippen LogP contribution < -0.4 is 4.90 Å². The predicted molar refractivity (Wildman–Crippen MR) is 83.4 cm³/mol. The van der Waals surface area contributed by atoms with E-state index in [1.54, 1.807) is 39.1 Å². The van der Waals surface area contributed by atoms with Crippen LogP contribution in [0.1, 0.15) is 33.6 Å². The third kappa shape index (κ3) is 3.55. The highest BCUT2D eigenvalue weighted by Crippen LogP contribution is 2.25. The molecule has 2 heterocycles. The molecule has 1 unspecified atom stereocenters. The Hall–Kier alpha value is -1.14. The van der Waals surface area contributed by atoms with Gasteiger partial charge in [-0.05, 0) is 45.7 Å². The van der Waals surface area contributed by atoms with E-state index in [0.29, 0.717) is 0 Å². The van der Waals surface area contributed by atoms with E-state index in [4.69, 9.17) is 4.74 Å². The molecule has 1 fully saturated rings. The highest BCUT2D eigenvalue weighted by atomic mass is 32.2. The van der Waals surface area contributed by atoms with Crippen molar-refractivity contribution < 1.29 is 13.2 Å². The molecule has 2 rings (SSSR count). The van der Waals surface area contributed by atoms with Crippen molar-refractivity contribution in [3.63, 3.8) is 0 Å². The van der Waals surface area contributed by atoms with E-state index in [0.717, 1.165) is 31.7 Å². The topological polar surface area (TPSA) is 59.5 Å². The van der Waals surface area contributed by atoms with E-state index in [2.05, 4.69) is 9.88 Å². The van der Waals surface area contributed by atoms with E-state index >= 15 is 0 Å². The highest BCUT2D eigenvalue weighted by molar-refractivity contribution is 7.92. The zero-order valence-corrected chi connectivity index (χ0v) is 14.0. The summed E-state index contributed by atoms with van der Waals surface area (Å²) in [4.78, 5) is 6.19. The third-order valence-electron chi connectivity index (χ3n) is 3.74. The molecule has 118 valence electrons. The fraction of sp³-hybridized carbons (Fsp3) is 0.667. The first-order chi connectivity index (χ1) is 9.72.